The lowest BCUT2D eigenvalue weighted by molar-refractivity contribution is -0.125. The fraction of sp³-hybridized carbons (Fsp3) is 0.692. The summed E-state index contributed by atoms with van der Waals surface area (Å²) in [5.41, 5.74) is 1.20. The van der Waals surface area contributed by atoms with E-state index in [1.807, 2.05) is 24.1 Å². The maximum Gasteiger partial charge on any atom is 0.225 e. The van der Waals surface area contributed by atoms with Crippen molar-refractivity contribution in [1.29, 1.82) is 0 Å². The third kappa shape index (κ3) is 3.78. The Kier molecular flexibility index (Phi) is 4.55. The van der Waals surface area contributed by atoms with Gasteiger partial charge in [0.05, 0.1) is 12.1 Å². The van der Waals surface area contributed by atoms with E-state index < -0.39 is 0 Å². The van der Waals surface area contributed by atoms with Gasteiger partial charge in [0, 0.05) is 58.6 Å². The van der Waals surface area contributed by atoms with Gasteiger partial charge in [0.25, 0.3) is 0 Å². The van der Waals surface area contributed by atoms with E-state index in [0.717, 1.165) is 32.7 Å². The van der Waals surface area contributed by atoms with Crippen LogP contribution in [0, 0.1) is 5.92 Å². The van der Waals surface area contributed by atoms with Crippen LogP contribution in [-0.4, -0.2) is 65.8 Å². The first-order valence-electron chi connectivity index (χ1n) is 6.68. The molecule has 19 heavy (non-hydrogen) atoms. The van der Waals surface area contributed by atoms with Gasteiger partial charge in [-0.3, -0.25) is 14.4 Å². The van der Waals surface area contributed by atoms with Gasteiger partial charge in [-0.15, -0.1) is 0 Å². The summed E-state index contributed by atoms with van der Waals surface area (Å²) in [7, 11) is 5.70. The van der Waals surface area contributed by atoms with E-state index in [-0.39, 0.29) is 11.8 Å². The van der Waals surface area contributed by atoms with Crippen LogP contribution >= 0.6 is 0 Å². The number of aromatic nitrogens is 2. The molecular weight excluding hydrogens is 242 g/mol. The third-order valence-electron chi connectivity index (χ3n) is 3.59. The van der Waals surface area contributed by atoms with Gasteiger partial charge in [-0.2, -0.15) is 5.10 Å². The van der Waals surface area contributed by atoms with Crippen molar-refractivity contribution in [3.8, 4) is 0 Å². The molecule has 2 heterocycles. The van der Waals surface area contributed by atoms with Crippen LogP contribution in [0.3, 0.4) is 0 Å². The largest absolute Gasteiger partial charge is 0.359 e. The minimum Gasteiger partial charge on any atom is -0.359 e. The van der Waals surface area contributed by atoms with E-state index >= 15 is 0 Å². The topological polar surface area (TPSA) is 53.4 Å². The number of aryl methyl sites for hydroxylation is 1. The Labute approximate surface area is 114 Å². The van der Waals surface area contributed by atoms with Crippen molar-refractivity contribution in [3.63, 3.8) is 0 Å². The highest BCUT2D eigenvalue weighted by atomic mass is 16.1. The van der Waals surface area contributed by atoms with Gasteiger partial charge < -0.3 is 10.2 Å². The van der Waals surface area contributed by atoms with E-state index in [0.29, 0.717) is 0 Å². The van der Waals surface area contributed by atoms with Crippen LogP contribution in [0.1, 0.15) is 5.56 Å². The molecule has 0 radical (unpaired) electrons. The van der Waals surface area contributed by atoms with Crippen LogP contribution in [0.4, 0.5) is 0 Å². The average molecular weight is 265 g/mol. The van der Waals surface area contributed by atoms with Crippen molar-refractivity contribution in [2.45, 2.75) is 6.54 Å². The van der Waals surface area contributed by atoms with E-state index in [4.69, 9.17) is 0 Å². The molecule has 0 aromatic carbocycles. The predicted molar refractivity (Wildman–Crippen MR) is 73.5 cm³/mol. The summed E-state index contributed by atoms with van der Waals surface area (Å²) in [6.45, 7) is 4.46. The molecule has 1 N–H and O–H groups in total. The monoisotopic (exact) mass is 265 g/mol. The first-order valence-corrected chi connectivity index (χ1v) is 6.68. The van der Waals surface area contributed by atoms with E-state index in [2.05, 4.69) is 27.3 Å². The van der Waals surface area contributed by atoms with Crippen molar-refractivity contribution in [2.24, 2.45) is 13.0 Å². The van der Waals surface area contributed by atoms with Crippen LogP contribution in [-0.2, 0) is 18.4 Å². The lowest BCUT2D eigenvalue weighted by Crippen LogP contribution is -2.39. The molecule has 0 saturated carbocycles. The zero-order chi connectivity index (χ0) is 13.8. The number of hydrogen-bond acceptors (Lipinski definition) is 4. The molecule has 6 heteroatoms. The molecule has 2 rings (SSSR count). The average Bonchev–Trinajstić information content (AvgIpc) is 2.69. The molecule has 1 aliphatic heterocycles. The lowest BCUT2D eigenvalue weighted by atomic mass is 10.1. The second kappa shape index (κ2) is 6.16. The zero-order valence-electron chi connectivity index (χ0n) is 12.0. The molecular formula is C13H23N5O. The Hall–Kier alpha value is -1.40. The fourth-order valence-electron chi connectivity index (χ4n) is 2.57. The molecule has 1 amide bonds. The van der Waals surface area contributed by atoms with Gasteiger partial charge in [-0.25, -0.2) is 0 Å². The third-order valence-corrected chi connectivity index (χ3v) is 3.59. The zero-order valence-corrected chi connectivity index (χ0v) is 12.0. The van der Waals surface area contributed by atoms with Crippen LogP contribution in [0.5, 0.6) is 0 Å². The van der Waals surface area contributed by atoms with Crippen molar-refractivity contribution in [2.75, 3.05) is 40.3 Å². The lowest BCUT2D eigenvalue weighted by Gasteiger charge is -2.22. The summed E-state index contributed by atoms with van der Waals surface area (Å²) < 4.78 is 1.81. The molecule has 0 aliphatic carbocycles. The Balaban J connectivity index is 2.01. The first-order chi connectivity index (χ1) is 9.08. The molecule has 1 saturated heterocycles. The van der Waals surface area contributed by atoms with Gasteiger partial charge in [0.1, 0.15) is 0 Å². The number of carbonyl (C=O) groups excluding carboxylic acids is 1. The molecule has 0 spiro atoms. The number of likely N-dealkylation sites (N-methyl/N-ethyl adjacent to an activating group) is 1. The molecule has 1 unspecified atom stereocenters. The number of carbonyl (C=O) groups is 1. The Morgan fingerprint density at radius 3 is 2.84 bits per heavy atom. The van der Waals surface area contributed by atoms with Gasteiger partial charge in [0.2, 0.25) is 5.91 Å². The summed E-state index contributed by atoms with van der Waals surface area (Å²) in [5, 5.41) is 6.95. The number of nitrogens with one attached hydrogen (secondary N) is 1. The van der Waals surface area contributed by atoms with Gasteiger partial charge >= 0.3 is 0 Å². The highest BCUT2D eigenvalue weighted by molar-refractivity contribution is 5.78. The molecule has 1 aliphatic rings. The summed E-state index contributed by atoms with van der Waals surface area (Å²) in [6, 6.07) is 0. The predicted octanol–water partition coefficient (Wildman–Crippen LogP) is -0.470. The summed E-state index contributed by atoms with van der Waals surface area (Å²) in [5.74, 6) is 0.166. The van der Waals surface area contributed by atoms with Gasteiger partial charge in [-0.05, 0) is 7.05 Å². The quantitative estimate of drug-likeness (QED) is 0.803. The Morgan fingerprint density at radius 2 is 2.21 bits per heavy atom. The van der Waals surface area contributed by atoms with Crippen LogP contribution in [0.25, 0.3) is 0 Å². The van der Waals surface area contributed by atoms with Gasteiger partial charge in [-0.1, -0.05) is 0 Å². The number of amides is 1. The summed E-state index contributed by atoms with van der Waals surface area (Å²) in [4.78, 5) is 16.4. The van der Waals surface area contributed by atoms with Crippen LogP contribution < -0.4 is 5.32 Å². The molecule has 0 bridgehead atoms. The van der Waals surface area contributed by atoms with Crippen LogP contribution in [0.2, 0.25) is 0 Å². The SMILES string of the molecule is CNC(=O)C1CN(C)CCN(Cc2cnn(C)c2)C1. The molecule has 1 aromatic heterocycles. The molecule has 1 aromatic rings. The number of rotatable bonds is 3. The van der Waals surface area contributed by atoms with Crippen LogP contribution in [0.15, 0.2) is 12.4 Å². The Bertz CT molecular complexity index is 430. The maximum absolute atomic E-state index is 11.9. The Morgan fingerprint density at radius 1 is 1.42 bits per heavy atom. The van der Waals surface area contributed by atoms with E-state index in [9.17, 15) is 4.79 Å². The maximum atomic E-state index is 11.9. The second-order valence-corrected chi connectivity index (χ2v) is 5.33. The second-order valence-electron chi connectivity index (χ2n) is 5.33. The van der Waals surface area contributed by atoms with E-state index in [1.54, 1.807) is 7.05 Å². The molecule has 1 atom stereocenters. The van der Waals surface area contributed by atoms with Crippen molar-refractivity contribution in [1.82, 2.24) is 24.9 Å². The first kappa shape index (κ1) is 14.0. The number of hydrogen-bond donors (Lipinski definition) is 1. The summed E-state index contributed by atoms with van der Waals surface area (Å²) >= 11 is 0. The molecule has 106 valence electrons. The fourth-order valence-corrected chi connectivity index (χ4v) is 2.57. The molecule has 6 nitrogen and oxygen atoms in total. The smallest absolute Gasteiger partial charge is 0.225 e. The normalized spacial score (nSPS) is 22.2. The molecule has 1 fully saturated rings. The van der Waals surface area contributed by atoms with Crippen molar-refractivity contribution >= 4 is 5.91 Å². The van der Waals surface area contributed by atoms with Gasteiger partial charge in [0.15, 0.2) is 0 Å². The van der Waals surface area contributed by atoms with Crippen molar-refractivity contribution in [3.05, 3.63) is 18.0 Å². The summed E-state index contributed by atoms with van der Waals surface area (Å²) in [6.07, 6.45) is 3.92. The van der Waals surface area contributed by atoms with E-state index in [1.165, 1.54) is 5.56 Å². The van der Waals surface area contributed by atoms with Crippen molar-refractivity contribution < 1.29 is 4.79 Å². The highest BCUT2D eigenvalue weighted by Gasteiger charge is 2.25. The standard InChI is InChI=1S/C13H23N5O/c1-14-13(19)12-9-16(2)4-5-18(10-12)8-11-6-15-17(3)7-11/h6-7,12H,4-5,8-10H2,1-3H3,(H,14,19). The minimum absolute atomic E-state index is 0.0363. The highest BCUT2D eigenvalue weighted by Crippen LogP contribution is 2.12. The minimum atomic E-state index is 0.0363. The number of nitrogens with zero attached hydrogens (tertiary/aromatic N) is 4.